The zero-order valence-electron chi connectivity index (χ0n) is 16.6. The first kappa shape index (κ1) is 19.2. The second kappa shape index (κ2) is 8.49. The van der Waals surface area contributed by atoms with Gasteiger partial charge in [0, 0.05) is 18.5 Å². The molecule has 1 fully saturated rings. The van der Waals surface area contributed by atoms with Gasteiger partial charge >= 0.3 is 0 Å². The molecule has 0 unspecified atom stereocenters. The molecule has 150 valence electrons. The van der Waals surface area contributed by atoms with Crippen LogP contribution in [-0.2, 0) is 4.74 Å². The van der Waals surface area contributed by atoms with Crippen LogP contribution in [0.25, 0.3) is 11.0 Å². The van der Waals surface area contributed by atoms with Crippen molar-refractivity contribution in [2.45, 2.75) is 25.9 Å². The number of rotatable bonds is 5. The van der Waals surface area contributed by atoms with Crippen molar-refractivity contribution in [2.24, 2.45) is 4.99 Å². The summed E-state index contributed by atoms with van der Waals surface area (Å²) in [6, 6.07) is 15.1. The minimum atomic E-state index is -0.236. The van der Waals surface area contributed by atoms with E-state index in [-0.39, 0.29) is 17.6 Å². The molecule has 0 radical (unpaired) electrons. The van der Waals surface area contributed by atoms with E-state index in [4.69, 9.17) is 13.9 Å². The van der Waals surface area contributed by atoms with Gasteiger partial charge in [-0.1, -0.05) is 24.3 Å². The van der Waals surface area contributed by atoms with Crippen LogP contribution in [0.5, 0.6) is 5.75 Å². The highest BCUT2D eigenvalue weighted by molar-refractivity contribution is 5.97. The van der Waals surface area contributed by atoms with Crippen molar-refractivity contribution < 1.29 is 18.7 Å². The van der Waals surface area contributed by atoms with Crippen LogP contribution >= 0.6 is 0 Å². The van der Waals surface area contributed by atoms with E-state index in [2.05, 4.69) is 10.3 Å². The standard InChI is InChI=1S/C23H24N2O4/c1-15-6-3-8-17(12-15)25-23-19(22(26)24-14-18-9-5-11-28-18)13-16-7-4-10-20(27-2)21(16)29-23/h3-4,6-8,10,12-13,18H,5,9,11,14H2,1-2H3,(H,24,26)/t18-/m1/s1. The van der Waals surface area contributed by atoms with Gasteiger partial charge in [-0.15, -0.1) is 0 Å². The molecular formula is C23H24N2O4. The van der Waals surface area contributed by atoms with E-state index >= 15 is 0 Å². The van der Waals surface area contributed by atoms with Gasteiger partial charge in [-0.25, -0.2) is 4.99 Å². The second-order valence-corrected chi connectivity index (χ2v) is 7.14. The van der Waals surface area contributed by atoms with Gasteiger partial charge in [0.25, 0.3) is 5.91 Å². The van der Waals surface area contributed by atoms with E-state index in [0.717, 1.165) is 36.1 Å². The monoisotopic (exact) mass is 392 g/mol. The minimum absolute atomic E-state index is 0.0635. The van der Waals surface area contributed by atoms with Crippen LogP contribution in [0.1, 0.15) is 28.8 Å². The molecule has 1 amide bonds. The van der Waals surface area contributed by atoms with Crippen LogP contribution < -0.4 is 15.6 Å². The third-order valence-corrected chi connectivity index (χ3v) is 4.95. The summed E-state index contributed by atoms with van der Waals surface area (Å²) in [5.74, 6) is 0.356. The van der Waals surface area contributed by atoms with Gasteiger partial charge in [-0.2, -0.15) is 0 Å². The Morgan fingerprint density at radius 3 is 2.86 bits per heavy atom. The number of methoxy groups -OCH3 is 1. The van der Waals surface area contributed by atoms with Crippen molar-refractivity contribution in [2.75, 3.05) is 20.3 Å². The smallest absolute Gasteiger partial charge is 0.256 e. The van der Waals surface area contributed by atoms with E-state index in [1.807, 2.05) is 49.4 Å². The van der Waals surface area contributed by atoms with Crippen molar-refractivity contribution in [3.63, 3.8) is 0 Å². The van der Waals surface area contributed by atoms with Gasteiger partial charge in [-0.3, -0.25) is 4.79 Å². The molecule has 4 rings (SSSR count). The SMILES string of the molecule is COc1cccc2cc(C(=O)NC[C@H]3CCCO3)c(=Nc3cccc(C)c3)oc12. The van der Waals surface area contributed by atoms with Gasteiger partial charge < -0.3 is 19.2 Å². The molecule has 1 N–H and O–H groups in total. The Morgan fingerprint density at radius 1 is 1.24 bits per heavy atom. The number of para-hydroxylation sites is 1. The molecule has 0 aliphatic carbocycles. The fourth-order valence-corrected chi connectivity index (χ4v) is 3.45. The van der Waals surface area contributed by atoms with E-state index in [9.17, 15) is 4.79 Å². The predicted molar refractivity (Wildman–Crippen MR) is 110 cm³/mol. The summed E-state index contributed by atoms with van der Waals surface area (Å²) in [6.07, 6.45) is 2.05. The van der Waals surface area contributed by atoms with Crippen LogP contribution in [0, 0.1) is 6.92 Å². The lowest BCUT2D eigenvalue weighted by Gasteiger charge is -2.12. The van der Waals surface area contributed by atoms with Crippen LogP contribution in [0.15, 0.2) is 57.9 Å². The number of hydrogen-bond donors (Lipinski definition) is 1. The Hall–Kier alpha value is -3.12. The van der Waals surface area contributed by atoms with E-state index in [0.29, 0.717) is 23.4 Å². The number of benzene rings is 2. The number of nitrogens with zero attached hydrogens (tertiary/aromatic N) is 1. The Bertz CT molecular complexity index is 1100. The largest absolute Gasteiger partial charge is 0.493 e. The Labute approximate surface area is 169 Å². The molecule has 1 atom stereocenters. The molecular weight excluding hydrogens is 368 g/mol. The van der Waals surface area contributed by atoms with Gasteiger partial charge in [-0.05, 0) is 49.6 Å². The maximum absolute atomic E-state index is 13.0. The molecule has 2 aromatic carbocycles. The summed E-state index contributed by atoms with van der Waals surface area (Å²) in [7, 11) is 1.59. The summed E-state index contributed by atoms with van der Waals surface area (Å²) < 4.78 is 17.1. The number of carbonyl (C=O) groups is 1. The molecule has 1 aromatic heterocycles. The lowest BCUT2D eigenvalue weighted by atomic mass is 10.1. The van der Waals surface area contributed by atoms with E-state index < -0.39 is 0 Å². The van der Waals surface area contributed by atoms with Crippen molar-refractivity contribution in [1.29, 1.82) is 0 Å². The summed E-state index contributed by atoms with van der Waals surface area (Å²) >= 11 is 0. The first-order valence-electron chi connectivity index (χ1n) is 9.76. The van der Waals surface area contributed by atoms with Crippen LogP contribution in [0.4, 0.5) is 5.69 Å². The molecule has 0 spiro atoms. The predicted octanol–water partition coefficient (Wildman–Crippen LogP) is 3.89. The zero-order valence-corrected chi connectivity index (χ0v) is 16.6. The van der Waals surface area contributed by atoms with Gasteiger partial charge in [0.15, 0.2) is 11.3 Å². The normalized spacial score (nSPS) is 16.9. The average molecular weight is 392 g/mol. The van der Waals surface area contributed by atoms with Crippen molar-refractivity contribution in [1.82, 2.24) is 5.32 Å². The number of fused-ring (bicyclic) bond motifs is 1. The maximum atomic E-state index is 13.0. The number of ether oxygens (including phenoxy) is 2. The molecule has 0 saturated carbocycles. The summed E-state index contributed by atoms with van der Waals surface area (Å²) in [5, 5.41) is 3.73. The number of nitrogens with one attached hydrogen (secondary N) is 1. The molecule has 6 nitrogen and oxygen atoms in total. The van der Waals surface area contributed by atoms with Gasteiger partial charge in [0.05, 0.1) is 18.9 Å². The van der Waals surface area contributed by atoms with Crippen LogP contribution in [-0.4, -0.2) is 32.3 Å². The summed E-state index contributed by atoms with van der Waals surface area (Å²) in [6.45, 7) is 3.22. The molecule has 3 aromatic rings. The van der Waals surface area contributed by atoms with Crippen LogP contribution in [0.2, 0.25) is 0 Å². The lowest BCUT2D eigenvalue weighted by molar-refractivity contribution is 0.0854. The molecule has 6 heteroatoms. The number of carbonyl (C=O) groups excluding carboxylic acids is 1. The molecule has 0 bridgehead atoms. The highest BCUT2D eigenvalue weighted by atomic mass is 16.5. The third kappa shape index (κ3) is 4.32. The number of hydrogen-bond acceptors (Lipinski definition) is 5. The molecule has 2 heterocycles. The minimum Gasteiger partial charge on any atom is -0.493 e. The van der Waals surface area contributed by atoms with Crippen LogP contribution in [0.3, 0.4) is 0 Å². The number of aryl methyl sites for hydroxylation is 1. The number of amides is 1. The van der Waals surface area contributed by atoms with Gasteiger partial charge in [0.2, 0.25) is 5.55 Å². The average Bonchev–Trinajstić information content (AvgIpc) is 3.25. The summed E-state index contributed by atoms with van der Waals surface area (Å²) in [4.78, 5) is 17.6. The molecule has 1 aliphatic heterocycles. The Kier molecular flexibility index (Phi) is 5.62. The third-order valence-electron chi connectivity index (χ3n) is 4.95. The van der Waals surface area contributed by atoms with E-state index in [1.165, 1.54) is 0 Å². The van der Waals surface area contributed by atoms with Gasteiger partial charge in [0.1, 0.15) is 5.56 Å². The first-order valence-corrected chi connectivity index (χ1v) is 9.76. The quantitative estimate of drug-likeness (QED) is 0.715. The Balaban J connectivity index is 1.79. The fraction of sp³-hybridized carbons (Fsp3) is 0.304. The highest BCUT2D eigenvalue weighted by Crippen LogP contribution is 2.25. The zero-order chi connectivity index (χ0) is 20.2. The topological polar surface area (TPSA) is 73.1 Å². The maximum Gasteiger partial charge on any atom is 0.256 e. The van der Waals surface area contributed by atoms with Crippen molar-refractivity contribution in [3.8, 4) is 5.75 Å². The van der Waals surface area contributed by atoms with Crippen molar-refractivity contribution in [3.05, 3.63) is 65.2 Å². The Morgan fingerprint density at radius 2 is 2.10 bits per heavy atom. The molecule has 1 aliphatic rings. The highest BCUT2D eigenvalue weighted by Gasteiger charge is 2.19. The van der Waals surface area contributed by atoms with E-state index in [1.54, 1.807) is 13.2 Å². The fourth-order valence-electron chi connectivity index (χ4n) is 3.45. The summed E-state index contributed by atoms with van der Waals surface area (Å²) in [5.41, 5.74) is 2.98. The molecule has 1 saturated heterocycles. The first-order chi connectivity index (χ1) is 14.1. The second-order valence-electron chi connectivity index (χ2n) is 7.14. The lowest BCUT2D eigenvalue weighted by Crippen LogP contribution is -2.34. The molecule has 29 heavy (non-hydrogen) atoms. The van der Waals surface area contributed by atoms with Crippen molar-refractivity contribution >= 4 is 22.6 Å².